The molecule has 0 bridgehead atoms. The number of benzene rings is 2. The zero-order valence-corrected chi connectivity index (χ0v) is 13.7. The summed E-state index contributed by atoms with van der Waals surface area (Å²) in [5.74, 6) is 0.275. The van der Waals surface area contributed by atoms with E-state index in [9.17, 15) is 4.79 Å². The van der Waals surface area contributed by atoms with Gasteiger partial charge in [0.1, 0.15) is 0 Å². The molecular formula is C20H24N2O. The summed E-state index contributed by atoms with van der Waals surface area (Å²) in [6, 6.07) is 19.3. The second-order valence-corrected chi connectivity index (χ2v) is 6.07. The third-order valence-electron chi connectivity index (χ3n) is 4.49. The first kappa shape index (κ1) is 15.8. The quantitative estimate of drug-likeness (QED) is 0.864. The molecule has 0 N–H and O–H groups in total. The van der Waals surface area contributed by atoms with Crippen molar-refractivity contribution in [3.05, 3.63) is 60.2 Å². The van der Waals surface area contributed by atoms with Crippen molar-refractivity contribution in [2.24, 2.45) is 0 Å². The molecule has 3 rings (SSSR count). The number of hydrogen-bond donors (Lipinski definition) is 0. The number of hydrogen-bond acceptors (Lipinski definition) is 2. The lowest BCUT2D eigenvalue weighted by Gasteiger charge is -2.34. The first-order valence-electron chi connectivity index (χ1n) is 8.41. The van der Waals surface area contributed by atoms with Crippen LogP contribution in [0.2, 0.25) is 0 Å². The average Bonchev–Trinajstić information content (AvgIpc) is 2.63. The van der Waals surface area contributed by atoms with Crippen LogP contribution in [0.1, 0.15) is 18.9 Å². The summed E-state index contributed by atoms with van der Waals surface area (Å²) in [4.78, 5) is 16.1. The number of carbonyl (C=O) groups excluding carboxylic acids is 1. The highest BCUT2D eigenvalue weighted by Crippen LogP contribution is 2.20. The topological polar surface area (TPSA) is 23.6 Å². The second-order valence-electron chi connectivity index (χ2n) is 6.07. The summed E-state index contributed by atoms with van der Waals surface area (Å²) in [5, 5.41) is 0. The van der Waals surface area contributed by atoms with Crippen molar-refractivity contribution in [1.82, 2.24) is 9.80 Å². The Kier molecular flexibility index (Phi) is 5.09. The van der Waals surface area contributed by atoms with E-state index in [-0.39, 0.29) is 5.91 Å². The second kappa shape index (κ2) is 7.42. The van der Waals surface area contributed by atoms with E-state index in [2.05, 4.69) is 53.4 Å². The Morgan fingerprint density at radius 1 is 0.870 bits per heavy atom. The van der Waals surface area contributed by atoms with Crippen molar-refractivity contribution >= 4 is 5.91 Å². The fourth-order valence-corrected chi connectivity index (χ4v) is 3.07. The Bertz CT molecular complexity index is 628. The molecule has 1 saturated heterocycles. The molecule has 1 amide bonds. The molecule has 1 fully saturated rings. The van der Waals surface area contributed by atoms with Crippen molar-refractivity contribution < 1.29 is 4.79 Å². The molecular weight excluding hydrogens is 284 g/mol. The summed E-state index contributed by atoms with van der Waals surface area (Å²) in [7, 11) is 0. The highest BCUT2D eigenvalue weighted by atomic mass is 16.2. The molecule has 2 aromatic carbocycles. The molecule has 0 spiro atoms. The van der Waals surface area contributed by atoms with Crippen LogP contribution in [-0.2, 0) is 11.3 Å². The van der Waals surface area contributed by atoms with Gasteiger partial charge in [-0.1, -0.05) is 61.5 Å². The smallest absolute Gasteiger partial charge is 0.222 e. The van der Waals surface area contributed by atoms with Crippen LogP contribution >= 0.6 is 0 Å². The van der Waals surface area contributed by atoms with E-state index in [1.807, 2.05) is 17.9 Å². The predicted molar refractivity (Wildman–Crippen MR) is 94.0 cm³/mol. The average molecular weight is 308 g/mol. The van der Waals surface area contributed by atoms with Gasteiger partial charge in [-0.15, -0.1) is 0 Å². The van der Waals surface area contributed by atoms with Crippen LogP contribution in [0, 0.1) is 0 Å². The Labute approximate surface area is 138 Å². The van der Waals surface area contributed by atoms with Gasteiger partial charge in [-0.25, -0.2) is 0 Å². The third kappa shape index (κ3) is 3.99. The molecule has 120 valence electrons. The number of nitrogens with zero attached hydrogens (tertiary/aromatic N) is 2. The van der Waals surface area contributed by atoms with E-state index in [1.165, 1.54) is 16.7 Å². The third-order valence-corrected chi connectivity index (χ3v) is 4.49. The van der Waals surface area contributed by atoms with Crippen LogP contribution in [0.3, 0.4) is 0 Å². The molecule has 2 aromatic rings. The predicted octanol–water partition coefficient (Wildman–Crippen LogP) is 3.41. The van der Waals surface area contributed by atoms with Crippen LogP contribution < -0.4 is 0 Å². The molecule has 1 heterocycles. The summed E-state index contributed by atoms with van der Waals surface area (Å²) in [6.45, 7) is 6.54. The molecule has 0 saturated carbocycles. The monoisotopic (exact) mass is 308 g/mol. The maximum Gasteiger partial charge on any atom is 0.222 e. The fourth-order valence-electron chi connectivity index (χ4n) is 3.07. The van der Waals surface area contributed by atoms with E-state index in [0.29, 0.717) is 6.42 Å². The largest absolute Gasteiger partial charge is 0.340 e. The molecule has 0 unspecified atom stereocenters. The minimum atomic E-state index is 0.275. The van der Waals surface area contributed by atoms with Gasteiger partial charge in [0.15, 0.2) is 0 Å². The first-order chi connectivity index (χ1) is 11.3. The van der Waals surface area contributed by atoms with E-state index >= 15 is 0 Å². The lowest BCUT2D eigenvalue weighted by atomic mass is 10.0. The Morgan fingerprint density at radius 3 is 2.09 bits per heavy atom. The number of rotatable bonds is 4. The molecule has 23 heavy (non-hydrogen) atoms. The van der Waals surface area contributed by atoms with E-state index < -0.39 is 0 Å². The summed E-state index contributed by atoms with van der Waals surface area (Å²) >= 11 is 0. The van der Waals surface area contributed by atoms with Crippen molar-refractivity contribution in [3.63, 3.8) is 0 Å². The van der Waals surface area contributed by atoms with E-state index in [1.54, 1.807) is 0 Å². The molecule has 1 aliphatic rings. The van der Waals surface area contributed by atoms with Gasteiger partial charge in [-0.05, 0) is 16.7 Å². The zero-order valence-electron chi connectivity index (χ0n) is 13.7. The summed E-state index contributed by atoms with van der Waals surface area (Å²) in [5.41, 5.74) is 3.85. The minimum Gasteiger partial charge on any atom is -0.340 e. The van der Waals surface area contributed by atoms with E-state index in [0.717, 1.165) is 32.7 Å². The molecule has 3 nitrogen and oxygen atoms in total. The van der Waals surface area contributed by atoms with Gasteiger partial charge in [0.2, 0.25) is 5.91 Å². The molecule has 0 radical (unpaired) electrons. The van der Waals surface area contributed by atoms with Gasteiger partial charge in [0, 0.05) is 39.1 Å². The maximum atomic E-state index is 11.7. The van der Waals surface area contributed by atoms with Crippen LogP contribution in [0.4, 0.5) is 0 Å². The number of amides is 1. The van der Waals surface area contributed by atoms with Gasteiger partial charge >= 0.3 is 0 Å². The highest BCUT2D eigenvalue weighted by Gasteiger charge is 2.19. The van der Waals surface area contributed by atoms with Gasteiger partial charge in [-0.3, -0.25) is 9.69 Å². The minimum absolute atomic E-state index is 0.275. The summed E-state index contributed by atoms with van der Waals surface area (Å²) < 4.78 is 0. The Morgan fingerprint density at radius 2 is 1.48 bits per heavy atom. The van der Waals surface area contributed by atoms with Crippen LogP contribution in [-0.4, -0.2) is 41.9 Å². The van der Waals surface area contributed by atoms with Crippen molar-refractivity contribution in [1.29, 1.82) is 0 Å². The van der Waals surface area contributed by atoms with Crippen LogP contribution in [0.25, 0.3) is 11.1 Å². The number of piperazine rings is 1. The van der Waals surface area contributed by atoms with Gasteiger partial charge < -0.3 is 4.90 Å². The first-order valence-corrected chi connectivity index (χ1v) is 8.41. The van der Waals surface area contributed by atoms with Crippen molar-refractivity contribution in [2.75, 3.05) is 26.2 Å². The van der Waals surface area contributed by atoms with Gasteiger partial charge in [0.05, 0.1) is 0 Å². The van der Waals surface area contributed by atoms with Crippen LogP contribution in [0.5, 0.6) is 0 Å². The highest BCUT2D eigenvalue weighted by molar-refractivity contribution is 5.75. The van der Waals surface area contributed by atoms with Crippen molar-refractivity contribution in [2.45, 2.75) is 19.9 Å². The lowest BCUT2D eigenvalue weighted by molar-refractivity contribution is -0.132. The molecule has 3 heteroatoms. The molecule has 1 aliphatic heterocycles. The van der Waals surface area contributed by atoms with Crippen LogP contribution in [0.15, 0.2) is 54.6 Å². The SMILES string of the molecule is CCC(=O)N1CCN(Cc2ccc(-c3ccccc3)cc2)CC1. The van der Waals surface area contributed by atoms with Gasteiger partial charge in [0.25, 0.3) is 0 Å². The zero-order chi connectivity index (χ0) is 16.1. The van der Waals surface area contributed by atoms with Gasteiger partial charge in [-0.2, -0.15) is 0 Å². The van der Waals surface area contributed by atoms with E-state index in [4.69, 9.17) is 0 Å². The standard InChI is InChI=1S/C20H24N2O/c1-2-20(23)22-14-12-21(13-15-22)16-17-8-10-19(11-9-17)18-6-4-3-5-7-18/h3-11H,2,12-16H2,1H3. The number of carbonyl (C=O) groups is 1. The Balaban J connectivity index is 1.56. The molecule has 0 aromatic heterocycles. The molecule has 0 atom stereocenters. The fraction of sp³-hybridized carbons (Fsp3) is 0.350. The molecule has 0 aliphatic carbocycles. The normalized spacial score (nSPS) is 15.6. The maximum absolute atomic E-state index is 11.7. The summed E-state index contributed by atoms with van der Waals surface area (Å²) in [6.07, 6.45) is 0.612. The van der Waals surface area contributed by atoms with Crippen molar-refractivity contribution in [3.8, 4) is 11.1 Å². The Hall–Kier alpha value is -2.13. The lowest BCUT2D eigenvalue weighted by Crippen LogP contribution is -2.48.